The van der Waals surface area contributed by atoms with Crippen molar-refractivity contribution in [3.05, 3.63) is 99.9 Å². The number of amides is 1. The van der Waals surface area contributed by atoms with Gasteiger partial charge in [0, 0.05) is 29.7 Å². The quantitative estimate of drug-likeness (QED) is 0.249. The zero-order valence-electron chi connectivity index (χ0n) is 21.0. The lowest BCUT2D eigenvalue weighted by Gasteiger charge is -2.18. The summed E-state index contributed by atoms with van der Waals surface area (Å²) >= 11 is 1.48. The molecule has 1 aliphatic carbocycles. The van der Waals surface area contributed by atoms with E-state index in [1.807, 2.05) is 60.7 Å². The van der Waals surface area contributed by atoms with Crippen molar-refractivity contribution in [3.8, 4) is 17.0 Å². The zero-order valence-corrected chi connectivity index (χ0v) is 21.8. The fourth-order valence-electron chi connectivity index (χ4n) is 4.82. The number of aryl methyl sites for hydroxylation is 2. The molecule has 0 bridgehead atoms. The number of hydrogen-bond donors (Lipinski definition) is 1. The molecule has 5 nitrogen and oxygen atoms in total. The van der Waals surface area contributed by atoms with Crippen LogP contribution in [-0.2, 0) is 24.1 Å². The zero-order chi connectivity index (χ0) is 25.6. The molecule has 6 heteroatoms. The van der Waals surface area contributed by atoms with Crippen molar-refractivity contribution in [2.75, 3.05) is 12.4 Å². The third kappa shape index (κ3) is 5.97. The molecule has 1 heterocycles. The number of carbonyl (C=O) groups excluding carboxylic acids is 2. The minimum atomic E-state index is -0.218. The molecule has 0 spiro atoms. The maximum atomic E-state index is 13.0. The molecule has 0 radical (unpaired) electrons. The molecule has 188 valence electrons. The van der Waals surface area contributed by atoms with Crippen molar-refractivity contribution >= 4 is 28.2 Å². The Bertz CT molecular complexity index is 1400. The van der Waals surface area contributed by atoms with Crippen LogP contribution in [0.25, 0.3) is 11.3 Å². The highest BCUT2D eigenvalue weighted by molar-refractivity contribution is 7.16. The predicted octanol–water partition coefficient (Wildman–Crippen LogP) is 6.89. The Labute approximate surface area is 221 Å². The minimum absolute atomic E-state index is 0.0748. The SMILES string of the molecule is COc1cc2c(cc1C(=O)CCC(=O)Nc1nc(-c3ccccc3)c(Cc3ccccc3)s1)CCCC2. The Hall–Kier alpha value is -3.77. The van der Waals surface area contributed by atoms with Crippen LogP contribution in [0, 0.1) is 0 Å². The molecule has 3 aromatic carbocycles. The first-order valence-electron chi connectivity index (χ1n) is 12.7. The van der Waals surface area contributed by atoms with Gasteiger partial charge in [0.1, 0.15) is 5.75 Å². The Morgan fingerprint density at radius 3 is 2.30 bits per heavy atom. The maximum absolute atomic E-state index is 13.0. The lowest BCUT2D eigenvalue weighted by molar-refractivity contribution is -0.116. The van der Waals surface area contributed by atoms with Gasteiger partial charge >= 0.3 is 0 Å². The molecule has 0 unspecified atom stereocenters. The van der Waals surface area contributed by atoms with E-state index in [0.29, 0.717) is 16.4 Å². The Kier molecular flexibility index (Phi) is 7.76. The van der Waals surface area contributed by atoms with Gasteiger partial charge in [-0.15, -0.1) is 11.3 Å². The number of methoxy groups -OCH3 is 1. The van der Waals surface area contributed by atoms with Gasteiger partial charge in [0.25, 0.3) is 0 Å². The monoisotopic (exact) mass is 510 g/mol. The first kappa shape index (κ1) is 24.9. The summed E-state index contributed by atoms with van der Waals surface area (Å²) in [6, 6.07) is 24.2. The van der Waals surface area contributed by atoms with E-state index in [1.54, 1.807) is 7.11 Å². The number of hydrogen-bond acceptors (Lipinski definition) is 5. The maximum Gasteiger partial charge on any atom is 0.226 e. The Morgan fingerprint density at radius 2 is 1.59 bits per heavy atom. The van der Waals surface area contributed by atoms with E-state index in [4.69, 9.17) is 9.72 Å². The summed E-state index contributed by atoms with van der Waals surface area (Å²) in [5, 5.41) is 3.48. The number of fused-ring (bicyclic) bond motifs is 1. The van der Waals surface area contributed by atoms with Crippen LogP contribution < -0.4 is 10.1 Å². The normalized spacial score (nSPS) is 12.6. The second-order valence-electron chi connectivity index (χ2n) is 9.32. The molecule has 0 fully saturated rings. The van der Waals surface area contributed by atoms with Crippen molar-refractivity contribution in [2.45, 2.75) is 44.9 Å². The summed E-state index contributed by atoms with van der Waals surface area (Å²) in [6.07, 6.45) is 5.25. The highest BCUT2D eigenvalue weighted by Gasteiger charge is 2.20. The lowest BCUT2D eigenvalue weighted by Crippen LogP contribution is -2.14. The van der Waals surface area contributed by atoms with Crippen LogP contribution in [0.5, 0.6) is 5.75 Å². The van der Waals surface area contributed by atoms with Crippen LogP contribution in [-0.4, -0.2) is 23.8 Å². The van der Waals surface area contributed by atoms with Gasteiger partial charge in [-0.25, -0.2) is 4.98 Å². The molecule has 5 rings (SSSR count). The average Bonchev–Trinajstić information content (AvgIpc) is 3.33. The van der Waals surface area contributed by atoms with Gasteiger partial charge in [0.15, 0.2) is 10.9 Å². The van der Waals surface area contributed by atoms with E-state index in [-0.39, 0.29) is 24.5 Å². The minimum Gasteiger partial charge on any atom is -0.496 e. The number of aromatic nitrogens is 1. The number of ether oxygens (including phenoxy) is 1. The highest BCUT2D eigenvalue weighted by Crippen LogP contribution is 2.33. The van der Waals surface area contributed by atoms with Gasteiger partial charge in [-0.1, -0.05) is 60.7 Å². The molecule has 1 aliphatic rings. The molecular weight excluding hydrogens is 480 g/mol. The fourth-order valence-corrected chi connectivity index (χ4v) is 5.86. The number of benzene rings is 3. The van der Waals surface area contributed by atoms with E-state index in [2.05, 4.69) is 17.4 Å². The topological polar surface area (TPSA) is 68.3 Å². The predicted molar refractivity (Wildman–Crippen MR) is 149 cm³/mol. The van der Waals surface area contributed by atoms with Gasteiger partial charge in [0.05, 0.1) is 18.4 Å². The van der Waals surface area contributed by atoms with E-state index in [0.717, 1.165) is 41.8 Å². The van der Waals surface area contributed by atoms with E-state index >= 15 is 0 Å². The van der Waals surface area contributed by atoms with Gasteiger partial charge in [-0.05, 0) is 54.5 Å². The van der Waals surface area contributed by atoms with Crippen molar-refractivity contribution in [1.29, 1.82) is 0 Å². The summed E-state index contributed by atoms with van der Waals surface area (Å²) in [7, 11) is 1.59. The summed E-state index contributed by atoms with van der Waals surface area (Å²) in [6.45, 7) is 0. The number of nitrogens with one attached hydrogen (secondary N) is 1. The third-order valence-corrected chi connectivity index (χ3v) is 7.71. The van der Waals surface area contributed by atoms with Crippen LogP contribution in [0.15, 0.2) is 72.8 Å². The second-order valence-corrected chi connectivity index (χ2v) is 10.4. The number of nitrogens with zero attached hydrogens (tertiary/aromatic N) is 1. The van der Waals surface area contributed by atoms with Crippen LogP contribution >= 0.6 is 11.3 Å². The molecule has 1 amide bonds. The number of Topliss-reactive ketones (excluding diaryl/α,β-unsaturated/α-hetero) is 1. The van der Waals surface area contributed by atoms with Crippen LogP contribution in [0.4, 0.5) is 5.13 Å². The first-order chi connectivity index (χ1) is 18.1. The number of carbonyl (C=O) groups is 2. The van der Waals surface area contributed by atoms with Gasteiger partial charge in [0.2, 0.25) is 5.91 Å². The van der Waals surface area contributed by atoms with Gasteiger partial charge in [-0.3, -0.25) is 9.59 Å². The van der Waals surface area contributed by atoms with E-state index in [9.17, 15) is 9.59 Å². The summed E-state index contributed by atoms with van der Waals surface area (Å²) in [5.41, 5.74) is 6.13. The van der Waals surface area contributed by atoms with Crippen LogP contribution in [0.1, 0.15) is 57.6 Å². The number of rotatable bonds is 9. The molecule has 1 aromatic heterocycles. The molecule has 37 heavy (non-hydrogen) atoms. The molecule has 0 saturated heterocycles. The number of thiazole rings is 1. The van der Waals surface area contributed by atoms with Crippen molar-refractivity contribution in [3.63, 3.8) is 0 Å². The second kappa shape index (κ2) is 11.5. The summed E-state index contributed by atoms with van der Waals surface area (Å²) in [4.78, 5) is 31.7. The average molecular weight is 511 g/mol. The molecule has 0 saturated carbocycles. The van der Waals surface area contributed by atoms with Gasteiger partial charge in [-0.2, -0.15) is 0 Å². The highest BCUT2D eigenvalue weighted by atomic mass is 32.1. The first-order valence-corrected chi connectivity index (χ1v) is 13.5. The van der Waals surface area contributed by atoms with Crippen LogP contribution in [0.2, 0.25) is 0 Å². The van der Waals surface area contributed by atoms with Crippen molar-refractivity contribution in [2.24, 2.45) is 0 Å². The largest absolute Gasteiger partial charge is 0.496 e. The Balaban J connectivity index is 1.28. The molecular formula is C31H30N2O3S. The van der Waals surface area contributed by atoms with Crippen molar-refractivity contribution in [1.82, 2.24) is 4.98 Å². The third-order valence-electron chi connectivity index (χ3n) is 6.74. The molecule has 1 N–H and O–H groups in total. The van der Waals surface area contributed by atoms with Crippen molar-refractivity contribution < 1.29 is 14.3 Å². The molecule has 0 atom stereocenters. The standard InChI is InChI=1S/C31H30N2O3S/c1-36-27-20-24-15-9-8-14-23(24)19-25(27)26(34)16-17-29(35)32-31-33-30(22-12-6-3-7-13-22)28(37-31)18-21-10-4-2-5-11-21/h2-7,10-13,19-20H,8-9,14-18H2,1H3,(H,32,33,35). The van der Waals surface area contributed by atoms with E-state index < -0.39 is 0 Å². The lowest BCUT2D eigenvalue weighted by atomic mass is 9.88. The number of ketones is 1. The molecule has 4 aromatic rings. The molecule has 0 aliphatic heterocycles. The van der Waals surface area contributed by atoms with Crippen LogP contribution in [0.3, 0.4) is 0 Å². The fraction of sp³-hybridized carbons (Fsp3) is 0.258. The summed E-state index contributed by atoms with van der Waals surface area (Å²) in [5.74, 6) is 0.309. The summed E-state index contributed by atoms with van der Waals surface area (Å²) < 4.78 is 5.51. The number of anilines is 1. The van der Waals surface area contributed by atoms with Gasteiger partial charge < -0.3 is 10.1 Å². The Morgan fingerprint density at radius 1 is 0.919 bits per heavy atom. The smallest absolute Gasteiger partial charge is 0.226 e. The van der Waals surface area contributed by atoms with E-state index in [1.165, 1.54) is 34.4 Å².